The number of rotatable bonds is 8. The average molecular weight is 433 g/mol. The van der Waals surface area contributed by atoms with E-state index < -0.39 is 23.7 Å². The van der Waals surface area contributed by atoms with E-state index >= 15 is 0 Å². The Balaban J connectivity index is 1.65. The van der Waals surface area contributed by atoms with Crippen molar-refractivity contribution in [2.24, 2.45) is 0 Å². The minimum Gasteiger partial charge on any atom is -0.487 e. The summed E-state index contributed by atoms with van der Waals surface area (Å²) in [4.78, 5) is 22.1. The number of benzene rings is 2. The maximum atomic E-state index is 13.4. The molecule has 0 bridgehead atoms. The minimum atomic E-state index is -4.58. The van der Waals surface area contributed by atoms with Gasteiger partial charge in [-0.05, 0) is 42.5 Å². The van der Waals surface area contributed by atoms with Gasteiger partial charge in [-0.15, -0.1) is 0 Å². The van der Waals surface area contributed by atoms with E-state index in [9.17, 15) is 22.8 Å². The Labute approximate surface area is 175 Å². The highest BCUT2D eigenvalue weighted by molar-refractivity contribution is 5.92. The van der Waals surface area contributed by atoms with Crippen LogP contribution in [0.4, 0.5) is 18.9 Å². The summed E-state index contributed by atoms with van der Waals surface area (Å²) in [6.07, 6.45) is -5.01. The lowest BCUT2D eigenvalue weighted by atomic mass is 10.2. The molecule has 10 heteroatoms. The molecule has 0 fully saturated rings. The fourth-order valence-corrected chi connectivity index (χ4v) is 2.70. The Hall–Kier alpha value is -3.82. The molecule has 7 nitrogen and oxygen atoms in total. The predicted molar refractivity (Wildman–Crippen MR) is 105 cm³/mol. The van der Waals surface area contributed by atoms with Crippen molar-refractivity contribution >= 4 is 17.6 Å². The van der Waals surface area contributed by atoms with Gasteiger partial charge in [-0.25, -0.2) is 4.68 Å². The number of carboxylic acids is 1. The standard InChI is InChI=1S/C21H18F3N3O4/c22-21(23,24)18-12-15(26-27(18)16-4-2-1-3-5-16)13-31-17-8-6-14(7-9-17)25-19(28)10-11-20(29)30/h1-9,12H,10-11,13H2,(H,25,28)(H,29,30). The molecule has 1 aromatic heterocycles. The summed E-state index contributed by atoms with van der Waals surface area (Å²) in [7, 11) is 0. The van der Waals surface area contributed by atoms with Crippen LogP contribution in [0.5, 0.6) is 5.75 Å². The smallest absolute Gasteiger partial charge is 0.433 e. The highest BCUT2D eigenvalue weighted by Gasteiger charge is 2.36. The number of halogens is 3. The third kappa shape index (κ3) is 6.08. The lowest BCUT2D eigenvalue weighted by Crippen LogP contribution is -2.13. The first-order chi connectivity index (χ1) is 14.7. The number of nitrogens with zero attached hydrogens (tertiary/aromatic N) is 2. The Morgan fingerprint density at radius 3 is 2.32 bits per heavy atom. The molecule has 31 heavy (non-hydrogen) atoms. The van der Waals surface area contributed by atoms with Crippen LogP contribution in [0.1, 0.15) is 24.2 Å². The molecule has 2 N–H and O–H groups in total. The molecule has 3 aromatic rings. The SMILES string of the molecule is O=C(O)CCC(=O)Nc1ccc(OCc2cc(C(F)(F)F)n(-c3ccccc3)n2)cc1. The number of anilines is 1. The molecule has 1 heterocycles. The number of hydrogen-bond acceptors (Lipinski definition) is 4. The van der Waals surface area contributed by atoms with Gasteiger partial charge >= 0.3 is 12.1 Å². The van der Waals surface area contributed by atoms with Gasteiger partial charge in [-0.3, -0.25) is 9.59 Å². The van der Waals surface area contributed by atoms with Crippen LogP contribution in [0.3, 0.4) is 0 Å². The number of para-hydroxylation sites is 1. The Bertz CT molecular complexity index is 1050. The number of amides is 1. The third-order valence-electron chi connectivity index (χ3n) is 4.14. The van der Waals surface area contributed by atoms with Gasteiger partial charge in [0.25, 0.3) is 0 Å². The Morgan fingerprint density at radius 2 is 1.71 bits per heavy atom. The van der Waals surface area contributed by atoms with Crippen molar-refractivity contribution < 1.29 is 32.6 Å². The molecule has 2 aromatic carbocycles. The molecule has 0 spiro atoms. The molecule has 162 valence electrons. The average Bonchev–Trinajstić information content (AvgIpc) is 3.17. The summed E-state index contributed by atoms with van der Waals surface area (Å²) in [6.45, 7) is -0.187. The van der Waals surface area contributed by atoms with Crippen molar-refractivity contribution in [2.45, 2.75) is 25.6 Å². The van der Waals surface area contributed by atoms with E-state index in [1.165, 1.54) is 36.4 Å². The highest BCUT2D eigenvalue weighted by atomic mass is 19.4. The van der Waals surface area contributed by atoms with Crippen LogP contribution in [0.2, 0.25) is 0 Å². The van der Waals surface area contributed by atoms with Gasteiger partial charge < -0.3 is 15.2 Å². The zero-order valence-electron chi connectivity index (χ0n) is 16.1. The monoisotopic (exact) mass is 433 g/mol. The number of carbonyl (C=O) groups is 2. The minimum absolute atomic E-state index is 0.0993. The second kappa shape index (κ2) is 9.33. The first-order valence-corrected chi connectivity index (χ1v) is 9.18. The predicted octanol–water partition coefficient (Wildman–Crippen LogP) is 4.27. The van der Waals surface area contributed by atoms with E-state index in [2.05, 4.69) is 10.4 Å². The van der Waals surface area contributed by atoms with Crippen molar-refractivity contribution in [1.29, 1.82) is 0 Å². The van der Waals surface area contributed by atoms with E-state index in [1.807, 2.05) is 0 Å². The maximum Gasteiger partial charge on any atom is 0.433 e. The third-order valence-corrected chi connectivity index (χ3v) is 4.14. The molecule has 1 amide bonds. The van der Waals surface area contributed by atoms with Crippen LogP contribution in [0, 0.1) is 0 Å². The zero-order chi connectivity index (χ0) is 22.4. The van der Waals surface area contributed by atoms with Gasteiger partial charge in [0, 0.05) is 12.1 Å². The van der Waals surface area contributed by atoms with Crippen LogP contribution in [0.25, 0.3) is 5.69 Å². The van der Waals surface area contributed by atoms with E-state index in [1.54, 1.807) is 18.2 Å². The normalized spacial score (nSPS) is 11.2. The summed E-state index contributed by atoms with van der Waals surface area (Å²) in [5.74, 6) is -1.14. The molecule has 0 atom stereocenters. The van der Waals surface area contributed by atoms with Gasteiger partial charge in [0.05, 0.1) is 12.1 Å². The molecule has 0 unspecified atom stereocenters. The van der Waals surface area contributed by atoms with E-state index in [0.717, 1.165) is 10.7 Å². The fraction of sp³-hybridized carbons (Fsp3) is 0.190. The van der Waals surface area contributed by atoms with Crippen LogP contribution in [-0.4, -0.2) is 26.8 Å². The Morgan fingerprint density at radius 1 is 1.03 bits per heavy atom. The molecular weight excluding hydrogens is 415 g/mol. The number of hydrogen-bond donors (Lipinski definition) is 2. The molecule has 0 aliphatic heterocycles. The lowest BCUT2D eigenvalue weighted by Gasteiger charge is -2.09. The van der Waals surface area contributed by atoms with Gasteiger partial charge in [-0.1, -0.05) is 18.2 Å². The first kappa shape index (κ1) is 21.9. The van der Waals surface area contributed by atoms with Crippen LogP contribution < -0.4 is 10.1 Å². The van der Waals surface area contributed by atoms with Crippen molar-refractivity contribution in [1.82, 2.24) is 9.78 Å². The van der Waals surface area contributed by atoms with Crippen LogP contribution in [-0.2, 0) is 22.4 Å². The van der Waals surface area contributed by atoms with E-state index in [-0.39, 0.29) is 30.8 Å². The van der Waals surface area contributed by atoms with Gasteiger partial charge in [-0.2, -0.15) is 18.3 Å². The van der Waals surface area contributed by atoms with Crippen molar-refractivity contribution in [2.75, 3.05) is 5.32 Å². The number of aromatic nitrogens is 2. The second-order valence-corrected chi connectivity index (χ2v) is 6.52. The zero-order valence-corrected chi connectivity index (χ0v) is 16.1. The van der Waals surface area contributed by atoms with Gasteiger partial charge in [0.15, 0.2) is 0 Å². The molecule has 3 rings (SSSR count). The largest absolute Gasteiger partial charge is 0.487 e. The number of nitrogens with one attached hydrogen (secondary N) is 1. The van der Waals surface area contributed by atoms with Gasteiger partial charge in [0.1, 0.15) is 23.7 Å². The quantitative estimate of drug-likeness (QED) is 0.553. The summed E-state index contributed by atoms with van der Waals surface area (Å²) in [5, 5.41) is 15.1. The highest BCUT2D eigenvalue weighted by Crippen LogP contribution is 2.32. The molecule has 0 aliphatic rings. The number of alkyl halides is 3. The maximum absolute atomic E-state index is 13.4. The number of aliphatic carboxylic acids is 1. The van der Waals surface area contributed by atoms with Crippen LogP contribution >= 0.6 is 0 Å². The molecule has 0 radical (unpaired) electrons. The number of ether oxygens (including phenoxy) is 1. The fourth-order valence-electron chi connectivity index (χ4n) is 2.70. The number of carbonyl (C=O) groups excluding carboxylic acids is 1. The summed E-state index contributed by atoms with van der Waals surface area (Å²) in [6, 6.07) is 15.1. The Kier molecular flexibility index (Phi) is 6.58. The lowest BCUT2D eigenvalue weighted by molar-refractivity contribution is -0.142. The topological polar surface area (TPSA) is 93.5 Å². The van der Waals surface area contributed by atoms with Gasteiger partial charge in [0.2, 0.25) is 5.91 Å². The molecule has 0 aliphatic carbocycles. The number of carboxylic acid groups (broad SMARTS) is 1. The molecular formula is C21H18F3N3O4. The van der Waals surface area contributed by atoms with Crippen molar-refractivity contribution in [3.63, 3.8) is 0 Å². The van der Waals surface area contributed by atoms with Crippen LogP contribution in [0.15, 0.2) is 60.7 Å². The summed E-state index contributed by atoms with van der Waals surface area (Å²) in [5.41, 5.74) is -0.0848. The second-order valence-electron chi connectivity index (χ2n) is 6.52. The van der Waals surface area contributed by atoms with E-state index in [0.29, 0.717) is 11.4 Å². The van der Waals surface area contributed by atoms with Crippen molar-refractivity contribution in [3.05, 3.63) is 72.1 Å². The molecule has 0 saturated carbocycles. The van der Waals surface area contributed by atoms with Crippen molar-refractivity contribution in [3.8, 4) is 11.4 Å². The van der Waals surface area contributed by atoms with E-state index in [4.69, 9.17) is 9.84 Å². The summed E-state index contributed by atoms with van der Waals surface area (Å²) < 4.78 is 46.5. The first-order valence-electron chi connectivity index (χ1n) is 9.18. The molecule has 0 saturated heterocycles. The summed E-state index contributed by atoms with van der Waals surface area (Å²) >= 11 is 0.